The molecule has 0 aliphatic rings. The van der Waals surface area contributed by atoms with E-state index in [4.69, 9.17) is 0 Å². The van der Waals surface area contributed by atoms with E-state index in [2.05, 4.69) is 36.5 Å². The predicted octanol–water partition coefficient (Wildman–Crippen LogP) is 4.05. The van der Waals surface area contributed by atoms with Gasteiger partial charge in [-0.15, -0.1) is 0 Å². The van der Waals surface area contributed by atoms with Gasteiger partial charge in [-0.05, 0) is 43.5 Å². The maximum atomic E-state index is 12.2. The first kappa shape index (κ1) is 14.3. The minimum atomic E-state index is -0.0305. The van der Waals surface area contributed by atoms with Crippen LogP contribution in [0.4, 0.5) is 0 Å². The molecule has 0 aliphatic carbocycles. The number of nitrogens with one attached hydrogen (secondary N) is 1. The molecule has 1 atom stereocenters. The van der Waals surface area contributed by atoms with Gasteiger partial charge < -0.3 is 5.32 Å². The Bertz CT molecular complexity index is 569. The van der Waals surface area contributed by atoms with Gasteiger partial charge in [-0.1, -0.05) is 48.9 Å². The second kappa shape index (κ2) is 6.38. The lowest BCUT2D eigenvalue weighted by molar-refractivity contribution is 0.0940. The highest BCUT2D eigenvalue weighted by Crippen LogP contribution is 2.14. The number of hydrogen-bond acceptors (Lipinski definition) is 1. The Hall–Kier alpha value is -2.09. The van der Waals surface area contributed by atoms with Crippen LogP contribution in [-0.2, 0) is 6.42 Å². The van der Waals surface area contributed by atoms with E-state index in [0.29, 0.717) is 5.56 Å². The molecule has 0 aliphatic heterocycles. The molecule has 2 rings (SSSR count). The molecule has 0 unspecified atom stereocenters. The first-order chi connectivity index (χ1) is 9.60. The summed E-state index contributed by atoms with van der Waals surface area (Å²) in [7, 11) is 0. The van der Waals surface area contributed by atoms with Crippen LogP contribution in [0.3, 0.4) is 0 Å². The van der Waals surface area contributed by atoms with Crippen molar-refractivity contribution in [1.82, 2.24) is 5.32 Å². The number of carbonyl (C=O) groups is 1. The second-order valence-corrected chi connectivity index (χ2v) is 5.16. The topological polar surface area (TPSA) is 29.1 Å². The molecule has 2 nitrogen and oxygen atoms in total. The average Bonchev–Trinajstić information content (AvgIpc) is 2.48. The predicted molar refractivity (Wildman–Crippen MR) is 82.9 cm³/mol. The Labute approximate surface area is 120 Å². The van der Waals surface area contributed by atoms with Gasteiger partial charge in [-0.25, -0.2) is 0 Å². The number of amides is 1. The zero-order valence-electron chi connectivity index (χ0n) is 12.3. The van der Waals surface area contributed by atoms with Gasteiger partial charge in [-0.2, -0.15) is 0 Å². The van der Waals surface area contributed by atoms with Crippen molar-refractivity contribution >= 4 is 5.91 Å². The van der Waals surface area contributed by atoms with E-state index in [1.165, 1.54) is 5.56 Å². The van der Waals surface area contributed by atoms with Crippen LogP contribution in [0.25, 0.3) is 0 Å². The minimum absolute atomic E-state index is 0.00899. The van der Waals surface area contributed by atoms with E-state index in [0.717, 1.165) is 17.5 Å². The largest absolute Gasteiger partial charge is 0.346 e. The van der Waals surface area contributed by atoms with E-state index >= 15 is 0 Å². The molecule has 20 heavy (non-hydrogen) atoms. The van der Waals surface area contributed by atoms with Crippen LogP contribution in [-0.4, -0.2) is 5.91 Å². The van der Waals surface area contributed by atoms with E-state index in [9.17, 15) is 4.79 Å². The zero-order chi connectivity index (χ0) is 14.5. The highest BCUT2D eigenvalue weighted by atomic mass is 16.1. The summed E-state index contributed by atoms with van der Waals surface area (Å²) in [5, 5.41) is 3.03. The summed E-state index contributed by atoms with van der Waals surface area (Å²) in [4.78, 5) is 12.2. The van der Waals surface area contributed by atoms with E-state index in [1.807, 2.05) is 38.1 Å². The Morgan fingerprint density at radius 1 is 1.05 bits per heavy atom. The van der Waals surface area contributed by atoms with Crippen LogP contribution >= 0.6 is 0 Å². The van der Waals surface area contributed by atoms with Crippen molar-refractivity contribution in [2.45, 2.75) is 33.2 Å². The lowest BCUT2D eigenvalue weighted by Gasteiger charge is -2.15. The number of aryl methyl sites for hydroxylation is 2. The van der Waals surface area contributed by atoms with Gasteiger partial charge in [0.1, 0.15) is 0 Å². The summed E-state index contributed by atoms with van der Waals surface area (Å²) in [6.45, 7) is 6.16. The van der Waals surface area contributed by atoms with Gasteiger partial charge in [0, 0.05) is 5.56 Å². The van der Waals surface area contributed by atoms with Gasteiger partial charge in [0.2, 0.25) is 0 Å². The van der Waals surface area contributed by atoms with Crippen LogP contribution in [0.1, 0.15) is 46.9 Å². The van der Waals surface area contributed by atoms with Crippen LogP contribution in [0.5, 0.6) is 0 Å². The quantitative estimate of drug-likeness (QED) is 0.889. The Kier molecular flexibility index (Phi) is 4.57. The maximum Gasteiger partial charge on any atom is 0.251 e. The van der Waals surface area contributed by atoms with Crippen molar-refractivity contribution in [3.63, 3.8) is 0 Å². The fourth-order valence-corrected chi connectivity index (χ4v) is 2.11. The second-order valence-electron chi connectivity index (χ2n) is 5.16. The molecule has 0 fully saturated rings. The molecule has 1 amide bonds. The third-order valence-electron chi connectivity index (χ3n) is 3.55. The molecule has 2 aromatic rings. The molecule has 0 radical (unpaired) electrons. The lowest BCUT2D eigenvalue weighted by atomic mass is 10.0. The summed E-state index contributed by atoms with van der Waals surface area (Å²) in [6.07, 6.45) is 1.03. The average molecular weight is 267 g/mol. The number of hydrogen-bond donors (Lipinski definition) is 1. The fourth-order valence-electron chi connectivity index (χ4n) is 2.11. The normalized spacial score (nSPS) is 11.9. The van der Waals surface area contributed by atoms with Crippen molar-refractivity contribution in [3.8, 4) is 0 Å². The standard InChI is InChI=1S/C18H21NO/c1-4-15-7-11-16(12-8-15)14(3)19-18(20)17-9-5-13(2)6-10-17/h5-12,14H,4H2,1-3H3,(H,19,20)/t14-/m0/s1. The van der Waals surface area contributed by atoms with Crippen molar-refractivity contribution in [3.05, 3.63) is 70.8 Å². The smallest absolute Gasteiger partial charge is 0.251 e. The molecule has 2 heteroatoms. The highest BCUT2D eigenvalue weighted by molar-refractivity contribution is 5.94. The van der Waals surface area contributed by atoms with Gasteiger partial charge in [0.25, 0.3) is 5.91 Å². The van der Waals surface area contributed by atoms with Crippen LogP contribution < -0.4 is 5.32 Å². The monoisotopic (exact) mass is 267 g/mol. The third kappa shape index (κ3) is 3.47. The maximum absolute atomic E-state index is 12.2. The van der Waals surface area contributed by atoms with Crippen LogP contribution in [0.2, 0.25) is 0 Å². The van der Waals surface area contributed by atoms with Crippen molar-refractivity contribution in [2.24, 2.45) is 0 Å². The molecule has 0 saturated heterocycles. The molecule has 0 bridgehead atoms. The molecule has 1 N–H and O–H groups in total. The number of rotatable bonds is 4. The third-order valence-corrected chi connectivity index (χ3v) is 3.55. The zero-order valence-corrected chi connectivity index (χ0v) is 12.3. The summed E-state index contributed by atoms with van der Waals surface area (Å²) in [5.41, 5.74) is 4.30. The number of benzene rings is 2. The number of carbonyl (C=O) groups excluding carboxylic acids is 1. The molecule has 2 aromatic carbocycles. The molecular weight excluding hydrogens is 246 g/mol. The van der Waals surface area contributed by atoms with Gasteiger partial charge in [0.05, 0.1) is 6.04 Å². The van der Waals surface area contributed by atoms with Gasteiger partial charge in [-0.3, -0.25) is 4.79 Å². The van der Waals surface area contributed by atoms with E-state index < -0.39 is 0 Å². The molecule has 104 valence electrons. The van der Waals surface area contributed by atoms with Crippen molar-refractivity contribution in [2.75, 3.05) is 0 Å². The molecule has 0 saturated carbocycles. The minimum Gasteiger partial charge on any atom is -0.346 e. The Morgan fingerprint density at radius 2 is 1.65 bits per heavy atom. The first-order valence-corrected chi connectivity index (χ1v) is 7.06. The summed E-state index contributed by atoms with van der Waals surface area (Å²) in [5.74, 6) is -0.0305. The summed E-state index contributed by atoms with van der Waals surface area (Å²) >= 11 is 0. The van der Waals surface area contributed by atoms with Gasteiger partial charge in [0.15, 0.2) is 0 Å². The highest BCUT2D eigenvalue weighted by Gasteiger charge is 2.11. The molecule has 0 heterocycles. The molecule has 0 aromatic heterocycles. The molecular formula is C18H21NO. The van der Waals surface area contributed by atoms with Crippen molar-refractivity contribution < 1.29 is 4.79 Å². The Balaban J connectivity index is 2.04. The van der Waals surface area contributed by atoms with Crippen LogP contribution in [0.15, 0.2) is 48.5 Å². The van der Waals surface area contributed by atoms with E-state index in [-0.39, 0.29) is 11.9 Å². The summed E-state index contributed by atoms with van der Waals surface area (Å²) in [6, 6.07) is 16.0. The first-order valence-electron chi connectivity index (χ1n) is 7.06. The molecule has 0 spiro atoms. The summed E-state index contributed by atoms with van der Waals surface area (Å²) < 4.78 is 0. The SMILES string of the molecule is CCc1ccc([C@H](C)NC(=O)c2ccc(C)cc2)cc1. The van der Waals surface area contributed by atoms with Crippen LogP contribution in [0, 0.1) is 6.92 Å². The lowest BCUT2D eigenvalue weighted by Crippen LogP contribution is -2.26. The van der Waals surface area contributed by atoms with Gasteiger partial charge >= 0.3 is 0 Å². The van der Waals surface area contributed by atoms with E-state index in [1.54, 1.807) is 0 Å². The fraction of sp³-hybridized carbons (Fsp3) is 0.278. The Morgan fingerprint density at radius 3 is 2.20 bits per heavy atom. The van der Waals surface area contributed by atoms with Crippen molar-refractivity contribution in [1.29, 1.82) is 0 Å².